The highest BCUT2D eigenvalue weighted by molar-refractivity contribution is 4.74. The predicted molar refractivity (Wildman–Crippen MR) is 75.3 cm³/mol. The maximum Gasteiger partial charge on any atom is 0.0466 e. The van der Waals surface area contributed by atoms with Gasteiger partial charge in [0.05, 0.1) is 0 Å². The van der Waals surface area contributed by atoms with Crippen molar-refractivity contribution in [2.24, 2.45) is 11.8 Å². The van der Waals surface area contributed by atoms with Crippen LogP contribution in [0.4, 0.5) is 0 Å². The van der Waals surface area contributed by atoms with Gasteiger partial charge in [-0.1, -0.05) is 52.4 Å². The molecule has 1 fully saturated rings. The van der Waals surface area contributed by atoms with Gasteiger partial charge in [-0.3, -0.25) is 0 Å². The van der Waals surface area contributed by atoms with Crippen molar-refractivity contribution < 1.29 is 4.74 Å². The molecule has 0 amide bonds. The Morgan fingerprint density at radius 3 is 2.35 bits per heavy atom. The number of hydrogen-bond acceptors (Lipinski definition) is 1. The minimum atomic E-state index is 0.988. The fourth-order valence-electron chi connectivity index (χ4n) is 3.02. The molecule has 1 aliphatic carbocycles. The summed E-state index contributed by atoms with van der Waals surface area (Å²) < 4.78 is 5.69. The van der Waals surface area contributed by atoms with E-state index in [9.17, 15) is 0 Å². The largest absolute Gasteiger partial charge is 0.381 e. The van der Waals surface area contributed by atoms with Gasteiger partial charge in [0.25, 0.3) is 0 Å². The molecular formula is C16H32O. The van der Waals surface area contributed by atoms with E-state index in [1.165, 1.54) is 64.2 Å². The first kappa shape index (κ1) is 15.0. The van der Waals surface area contributed by atoms with Crippen LogP contribution < -0.4 is 0 Å². The van der Waals surface area contributed by atoms with Gasteiger partial charge >= 0.3 is 0 Å². The van der Waals surface area contributed by atoms with E-state index in [2.05, 4.69) is 13.8 Å². The lowest BCUT2D eigenvalue weighted by molar-refractivity contribution is 0.123. The first-order valence-electron chi connectivity index (χ1n) is 7.94. The van der Waals surface area contributed by atoms with E-state index in [0.29, 0.717) is 0 Å². The van der Waals surface area contributed by atoms with Crippen molar-refractivity contribution in [2.45, 2.75) is 78.1 Å². The third-order valence-corrected chi connectivity index (χ3v) is 4.27. The lowest BCUT2D eigenvalue weighted by Crippen LogP contribution is -2.01. The Morgan fingerprint density at radius 1 is 0.882 bits per heavy atom. The fourth-order valence-corrected chi connectivity index (χ4v) is 3.02. The van der Waals surface area contributed by atoms with E-state index in [4.69, 9.17) is 4.74 Å². The van der Waals surface area contributed by atoms with E-state index in [-0.39, 0.29) is 0 Å². The maximum atomic E-state index is 5.69. The summed E-state index contributed by atoms with van der Waals surface area (Å²) in [6, 6.07) is 0. The van der Waals surface area contributed by atoms with Crippen LogP contribution in [0.3, 0.4) is 0 Å². The molecule has 1 nitrogen and oxygen atoms in total. The molecule has 1 saturated carbocycles. The summed E-state index contributed by atoms with van der Waals surface area (Å²) in [5.41, 5.74) is 0. The maximum absolute atomic E-state index is 5.69. The molecule has 1 aliphatic rings. The quantitative estimate of drug-likeness (QED) is 0.477. The van der Waals surface area contributed by atoms with Gasteiger partial charge in [-0.15, -0.1) is 0 Å². The Kier molecular flexibility index (Phi) is 8.78. The highest BCUT2D eigenvalue weighted by atomic mass is 16.5. The molecule has 0 bridgehead atoms. The van der Waals surface area contributed by atoms with Crippen molar-refractivity contribution in [3.63, 3.8) is 0 Å². The average molecular weight is 240 g/mol. The Hall–Kier alpha value is -0.0400. The van der Waals surface area contributed by atoms with Gasteiger partial charge in [0.2, 0.25) is 0 Å². The number of hydrogen-bond donors (Lipinski definition) is 0. The molecule has 0 heterocycles. The molecule has 0 aromatic carbocycles. The van der Waals surface area contributed by atoms with Crippen molar-refractivity contribution in [2.75, 3.05) is 13.2 Å². The van der Waals surface area contributed by atoms with Crippen LogP contribution in [0.1, 0.15) is 78.1 Å². The van der Waals surface area contributed by atoms with Crippen LogP contribution in [-0.2, 0) is 4.74 Å². The third-order valence-electron chi connectivity index (χ3n) is 4.27. The van der Waals surface area contributed by atoms with Crippen LogP contribution in [0.2, 0.25) is 0 Å². The van der Waals surface area contributed by atoms with Crippen LogP contribution >= 0.6 is 0 Å². The van der Waals surface area contributed by atoms with Gasteiger partial charge in [-0.25, -0.2) is 0 Å². The second-order valence-corrected chi connectivity index (χ2v) is 5.77. The minimum absolute atomic E-state index is 0.988. The van der Waals surface area contributed by atoms with E-state index < -0.39 is 0 Å². The van der Waals surface area contributed by atoms with E-state index in [1.807, 2.05) is 0 Å². The van der Waals surface area contributed by atoms with Gasteiger partial charge < -0.3 is 4.74 Å². The van der Waals surface area contributed by atoms with Gasteiger partial charge in [-0.05, 0) is 37.5 Å². The molecule has 0 spiro atoms. The van der Waals surface area contributed by atoms with Crippen LogP contribution in [-0.4, -0.2) is 13.2 Å². The topological polar surface area (TPSA) is 9.23 Å². The summed E-state index contributed by atoms with van der Waals surface area (Å²) in [5.74, 6) is 2.05. The molecule has 1 rings (SSSR count). The van der Waals surface area contributed by atoms with E-state index in [1.54, 1.807) is 0 Å². The Labute approximate surface area is 108 Å². The monoisotopic (exact) mass is 240 g/mol. The molecule has 0 aromatic rings. The summed E-state index contributed by atoms with van der Waals surface area (Å²) in [6.07, 6.45) is 13.8. The second kappa shape index (κ2) is 9.94. The predicted octanol–water partition coefficient (Wildman–Crippen LogP) is 5.19. The number of rotatable bonds is 10. The Morgan fingerprint density at radius 2 is 1.65 bits per heavy atom. The zero-order valence-electron chi connectivity index (χ0n) is 12.0. The van der Waals surface area contributed by atoms with Gasteiger partial charge in [-0.2, -0.15) is 0 Å². The summed E-state index contributed by atoms with van der Waals surface area (Å²) in [5, 5.41) is 0. The first-order valence-corrected chi connectivity index (χ1v) is 7.94. The summed E-state index contributed by atoms with van der Waals surface area (Å²) in [7, 11) is 0. The zero-order chi connectivity index (χ0) is 12.3. The first-order chi connectivity index (χ1) is 8.36. The molecule has 102 valence electrons. The van der Waals surface area contributed by atoms with E-state index >= 15 is 0 Å². The van der Waals surface area contributed by atoms with Crippen LogP contribution in [0.15, 0.2) is 0 Å². The molecule has 0 aromatic heterocycles. The Bertz CT molecular complexity index is 167. The van der Waals surface area contributed by atoms with Gasteiger partial charge in [0, 0.05) is 13.2 Å². The van der Waals surface area contributed by atoms with Crippen molar-refractivity contribution in [1.29, 1.82) is 0 Å². The highest BCUT2D eigenvalue weighted by Gasteiger charge is 2.22. The lowest BCUT2D eigenvalue weighted by Gasteiger charge is -2.10. The van der Waals surface area contributed by atoms with Gasteiger partial charge in [0.1, 0.15) is 0 Å². The highest BCUT2D eigenvalue weighted by Crippen LogP contribution is 2.35. The summed E-state index contributed by atoms with van der Waals surface area (Å²) in [6.45, 7) is 6.58. The molecule has 0 radical (unpaired) electrons. The lowest BCUT2D eigenvalue weighted by atomic mass is 9.99. The number of unbranched alkanes of at least 4 members (excludes halogenated alkanes) is 3. The molecule has 0 aliphatic heterocycles. The van der Waals surface area contributed by atoms with Crippen LogP contribution in [0, 0.1) is 11.8 Å². The molecular weight excluding hydrogens is 208 g/mol. The van der Waals surface area contributed by atoms with Crippen LogP contribution in [0.5, 0.6) is 0 Å². The molecule has 1 heteroatoms. The summed E-state index contributed by atoms with van der Waals surface area (Å²) in [4.78, 5) is 0. The SMILES string of the molecule is CCCCCCOCCCC1CCC(CC)C1. The van der Waals surface area contributed by atoms with Crippen molar-refractivity contribution in [1.82, 2.24) is 0 Å². The molecule has 2 atom stereocenters. The number of ether oxygens (including phenoxy) is 1. The summed E-state index contributed by atoms with van der Waals surface area (Å²) >= 11 is 0. The van der Waals surface area contributed by atoms with Gasteiger partial charge in [0.15, 0.2) is 0 Å². The fraction of sp³-hybridized carbons (Fsp3) is 1.00. The van der Waals surface area contributed by atoms with E-state index in [0.717, 1.165) is 25.0 Å². The standard InChI is InChI=1S/C16H32O/c1-3-5-6-7-12-17-13-8-9-16-11-10-15(4-2)14-16/h15-16H,3-14H2,1-2H3. The van der Waals surface area contributed by atoms with Crippen LogP contribution in [0.25, 0.3) is 0 Å². The smallest absolute Gasteiger partial charge is 0.0466 e. The second-order valence-electron chi connectivity index (χ2n) is 5.77. The normalized spacial score (nSPS) is 24.4. The van der Waals surface area contributed by atoms with Crippen molar-refractivity contribution in [3.8, 4) is 0 Å². The van der Waals surface area contributed by atoms with Crippen molar-refractivity contribution in [3.05, 3.63) is 0 Å². The zero-order valence-corrected chi connectivity index (χ0v) is 12.0. The molecule has 0 N–H and O–H groups in total. The third kappa shape index (κ3) is 7.08. The average Bonchev–Trinajstić information content (AvgIpc) is 2.80. The van der Waals surface area contributed by atoms with Crippen molar-refractivity contribution >= 4 is 0 Å². The molecule has 17 heavy (non-hydrogen) atoms. The molecule has 0 saturated heterocycles. The molecule has 2 unspecified atom stereocenters. The Balaban J connectivity index is 1.81. The minimum Gasteiger partial charge on any atom is -0.381 e.